The minimum Gasteiger partial charge on any atom is -0.481 e. The fourth-order valence-corrected chi connectivity index (χ4v) is 3.41. The van der Waals surface area contributed by atoms with Gasteiger partial charge in [-0.2, -0.15) is 18.3 Å². The number of hydrogen-bond acceptors (Lipinski definition) is 5. The Morgan fingerprint density at radius 1 is 1.20 bits per heavy atom. The zero-order valence-electron chi connectivity index (χ0n) is 16.0. The number of ether oxygens (including phenoxy) is 1. The second-order valence-corrected chi connectivity index (χ2v) is 6.86. The van der Waals surface area contributed by atoms with E-state index >= 15 is 0 Å². The third-order valence-corrected chi connectivity index (χ3v) is 4.90. The van der Waals surface area contributed by atoms with Crippen LogP contribution in [0.1, 0.15) is 40.6 Å². The van der Waals surface area contributed by atoms with Crippen molar-refractivity contribution in [3.8, 4) is 17.1 Å². The highest BCUT2D eigenvalue weighted by Gasteiger charge is 2.32. The van der Waals surface area contributed by atoms with Crippen LogP contribution in [0.4, 0.5) is 13.2 Å². The van der Waals surface area contributed by atoms with Gasteiger partial charge < -0.3 is 10.1 Å². The van der Waals surface area contributed by atoms with E-state index in [2.05, 4.69) is 20.4 Å². The topological polar surface area (TPSA) is 81.9 Å². The third kappa shape index (κ3) is 3.98. The molecule has 0 aromatic carbocycles. The molecule has 10 heteroatoms. The van der Waals surface area contributed by atoms with Gasteiger partial charge >= 0.3 is 6.18 Å². The van der Waals surface area contributed by atoms with Crippen LogP contribution in [0.5, 0.6) is 5.88 Å². The standard InChI is InChI=1S/C20H18F3N5O2/c1-30-18-9-12(4-6-25-18)15-11-17-14(3-2-8-28(17)27-15)26-19(29)16-10-13(5-7-24-16)20(21,22)23/h4-7,9-11,14H,2-3,8H2,1H3,(H,26,29)/t14-/m1/s1. The first-order chi connectivity index (χ1) is 14.3. The van der Waals surface area contributed by atoms with Gasteiger partial charge in [0.15, 0.2) is 0 Å². The van der Waals surface area contributed by atoms with Gasteiger partial charge in [-0.3, -0.25) is 14.5 Å². The third-order valence-electron chi connectivity index (χ3n) is 4.90. The molecule has 0 bridgehead atoms. The first-order valence-electron chi connectivity index (χ1n) is 9.27. The van der Waals surface area contributed by atoms with Gasteiger partial charge in [0.05, 0.1) is 30.1 Å². The fourth-order valence-electron chi connectivity index (χ4n) is 3.41. The summed E-state index contributed by atoms with van der Waals surface area (Å²) in [4.78, 5) is 20.4. The van der Waals surface area contributed by atoms with Crippen LogP contribution in [0.3, 0.4) is 0 Å². The Morgan fingerprint density at radius 2 is 2.00 bits per heavy atom. The van der Waals surface area contributed by atoms with Gasteiger partial charge in [-0.05, 0) is 37.1 Å². The number of pyridine rings is 2. The molecule has 1 amide bonds. The van der Waals surface area contributed by atoms with E-state index in [4.69, 9.17) is 4.74 Å². The fraction of sp³-hybridized carbons (Fsp3) is 0.300. The maximum atomic E-state index is 12.9. The summed E-state index contributed by atoms with van der Waals surface area (Å²) >= 11 is 0. The smallest absolute Gasteiger partial charge is 0.416 e. The second-order valence-electron chi connectivity index (χ2n) is 6.86. The Balaban J connectivity index is 1.58. The zero-order valence-corrected chi connectivity index (χ0v) is 16.0. The van der Waals surface area contributed by atoms with Gasteiger partial charge in [0, 0.05) is 30.6 Å². The predicted molar refractivity (Wildman–Crippen MR) is 101 cm³/mol. The molecule has 0 radical (unpaired) electrons. The number of fused-ring (bicyclic) bond motifs is 1. The molecule has 156 valence electrons. The van der Waals surface area contributed by atoms with Crippen molar-refractivity contribution in [3.05, 3.63) is 59.7 Å². The molecule has 3 aromatic heterocycles. The first kappa shape index (κ1) is 19.9. The van der Waals surface area contributed by atoms with Crippen molar-refractivity contribution in [1.82, 2.24) is 25.1 Å². The van der Waals surface area contributed by atoms with Crippen molar-refractivity contribution < 1.29 is 22.7 Å². The highest BCUT2D eigenvalue weighted by molar-refractivity contribution is 5.92. The molecule has 1 aliphatic heterocycles. The number of carbonyl (C=O) groups excluding carboxylic acids is 1. The molecule has 7 nitrogen and oxygen atoms in total. The van der Waals surface area contributed by atoms with Crippen molar-refractivity contribution in [2.75, 3.05) is 7.11 Å². The van der Waals surface area contributed by atoms with E-state index in [0.29, 0.717) is 24.5 Å². The lowest BCUT2D eigenvalue weighted by atomic mass is 10.0. The number of aromatic nitrogens is 4. The normalized spacial score (nSPS) is 16.1. The van der Waals surface area contributed by atoms with Crippen molar-refractivity contribution in [2.24, 2.45) is 0 Å². The van der Waals surface area contributed by atoms with E-state index in [-0.39, 0.29) is 11.7 Å². The molecule has 4 heterocycles. The number of nitrogens with zero attached hydrogens (tertiary/aromatic N) is 4. The van der Waals surface area contributed by atoms with E-state index in [1.54, 1.807) is 23.0 Å². The maximum Gasteiger partial charge on any atom is 0.416 e. The van der Waals surface area contributed by atoms with Crippen LogP contribution >= 0.6 is 0 Å². The van der Waals surface area contributed by atoms with Crippen molar-refractivity contribution in [1.29, 1.82) is 0 Å². The van der Waals surface area contributed by atoms with Gasteiger partial charge in [0.2, 0.25) is 5.88 Å². The average molecular weight is 417 g/mol. The first-order valence-corrected chi connectivity index (χ1v) is 9.27. The number of halogens is 3. The van der Waals surface area contributed by atoms with Crippen LogP contribution in [0.15, 0.2) is 42.7 Å². The molecular weight excluding hydrogens is 399 g/mol. The number of methoxy groups -OCH3 is 1. The summed E-state index contributed by atoms with van der Waals surface area (Å²) in [6.07, 6.45) is -0.519. The van der Waals surface area contributed by atoms with Gasteiger partial charge in [0.1, 0.15) is 5.69 Å². The summed E-state index contributed by atoms with van der Waals surface area (Å²) in [5.74, 6) is -0.202. The lowest BCUT2D eigenvalue weighted by Gasteiger charge is -2.24. The summed E-state index contributed by atoms with van der Waals surface area (Å²) in [6, 6.07) is 6.63. The number of carbonyl (C=O) groups is 1. The molecule has 1 N–H and O–H groups in total. The second kappa shape index (κ2) is 7.77. The molecular formula is C20H18F3N5O2. The van der Waals surface area contributed by atoms with E-state index < -0.39 is 17.6 Å². The van der Waals surface area contributed by atoms with Crippen molar-refractivity contribution in [3.63, 3.8) is 0 Å². The van der Waals surface area contributed by atoms with E-state index in [1.165, 1.54) is 7.11 Å². The molecule has 3 aromatic rings. The Morgan fingerprint density at radius 3 is 2.77 bits per heavy atom. The number of nitrogens with one attached hydrogen (secondary N) is 1. The lowest BCUT2D eigenvalue weighted by molar-refractivity contribution is -0.137. The van der Waals surface area contributed by atoms with Crippen LogP contribution in [-0.4, -0.2) is 32.8 Å². The molecule has 0 aliphatic carbocycles. The van der Waals surface area contributed by atoms with Crippen LogP contribution in [0.2, 0.25) is 0 Å². The number of hydrogen-bond donors (Lipinski definition) is 1. The van der Waals surface area contributed by atoms with Crippen molar-refractivity contribution in [2.45, 2.75) is 31.6 Å². The van der Waals surface area contributed by atoms with Gasteiger partial charge in [-0.25, -0.2) is 4.98 Å². The number of rotatable bonds is 4. The Bertz CT molecular complexity index is 1080. The van der Waals surface area contributed by atoms with Crippen LogP contribution in [-0.2, 0) is 12.7 Å². The number of aryl methyl sites for hydroxylation is 1. The van der Waals surface area contributed by atoms with Crippen LogP contribution in [0, 0.1) is 0 Å². The minimum atomic E-state index is -4.54. The number of alkyl halides is 3. The molecule has 1 aliphatic rings. The largest absolute Gasteiger partial charge is 0.481 e. The number of amides is 1. The molecule has 30 heavy (non-hydrogen) atoms. The Kier molecular flexibility index (Phi) is 5.15. The SMILES string of the molecule is COc1cc(-c2cc3n(n2)CCC[C@H]3NC(=O)c2cc(C(F)(F)F)ccn2)ccn1. The molecule has 1 atom stereocenters. The van der Waals surface area contributed by atoms with Crippen LogP contribution in [0.25, 0.3) is 11.3 Å². The average Bonchev–Trinajstić information content (AvgIpc) is 3.19. The summed E-state index contributed by atoms with van der Waals surface area (Å²) in [5.41, 5.74) is 1.11. The van der Waals surface area contributed by atoms with Gasteiger partial charge in [-0.15, -0.1) is 0 Å². The van der Waals surface area contributed by atoms with Crippen molar-refractivity contribution >= 4 is 5.91 Å². The highest BCUT2D eigenvalue weighted by atomic mass is 19.4. The summed E-state index contributed by atoms with van der Waals surface area (Å²) in [7, 11) is 1.53. The molecule has 0 fully saturated rings. The van der Waals surface area contributed by atoms with E-state index in [0.717, 1.165) is 36.0 Å². The summed E-state index contributed by atoms with van der Waals surface area (Å²) in [6.45, 7) is 0.686. The molecule has 0 saturated heterocycles. The molecule has 0 spiro atoms. The molecule has 0 unspecified atom stereocenters. The zero-order chi connectivity index (χ0) is 21.3. The molecule has 4 rings (SSSR count). The lowest BCUT2D eigenvalue weighted by Crippen LogP contribution is -2.33. The van der Waals surface area contributed by atoms with Gasteiger partial charge in [0.25, 0.3) is 5.91 Å². The highest BCUT2D eigenvalue weighted by Crippen LogP contribution is 2.31. The predicted octanol–water partition coefficient (Wildman–Crippen LogP) is 3.63. The quantitative estimate of drug-likeness (QED) is 0.701. The van der Waals surface area contributed by atoms with Crippen LogP contribution < -0.4 is 10.1 Å². The van der Waals surface area contributed by atoms with E-state index in [9.17, 15) is 18.0 Å². The van der Waals surface area contributed by atoms with E-state index in [1.807, 2.05) is 6.07 Å². The minimum absolute atomic E-state index is 0.277. The monoisotopic (exact) mass is 417 g/mol. The summed E-state index contributed by atoms with van der Waals surface area (Å²) < 4.78 is 45.7. The Labute approximate surface area is 169 Å². The summed E-state index contributed by atoms with van der Waals surface area (Å²) in [5, 5.41) is 7.38. The molecule has 0 saturated carbocycles. The Hall–Kier alpha value is -3.43. The maximum absolute atomic E-state index is 12.9. The van der Waals surface area contributed by atoms with Gasteiger partial charge in [-0.1, -0.05) is 0 Å².